The molecule has 3 aliphatic carbocycles. The molecule has 6 atom stereocenters. The monoisotopic (exact) mass is 452 g/mol. The second kappa shape index (κ2) is 7.09. The molecule has 0 aromatic carbocycles. The topological polar surface area (TPSA) is 116 Å². The summed E-state index contributed by atoms with van der Waals surface area (Å²) in [6, 6.07) is 0. The molecular formula is C19H26F2O8S. The van der Waals surface area contributed by atoms with Crippen molar-refractivity contribution in [1.82, 2.24) is 0 Å². The number of esters is 2. The Morgan fingerprint density at radius 2 is 1.93 bits per heavy atom. The lowest BCUT2D eigenvalue weighted by Gasteiger charge is -2.37. The van der Waals surface area contributed by atoms with Crippen LogP contribution in [0.4, 0.5) is 8.78 Å². The van der Waals surface area contributed by atoms with E-state index in [0.717, 1.165) is 25.7 Å². The summed E-state index contributed by atoms with van der Waals surface area (Å²) >= 11 is 0. The second-order valence-corrected chi connectivity index (χ2v) is 10.8. The minimum atomic E-state index is -5.65. The molecule has 2 bridgehead atoms. The third-order valence-corrected chi connectivity index (χ3v) is 8.32. The van der Waals surface area contributed by atoms with Crippen molar-refractivity contribution in [2.45, 2.75) is 69.0 Å². The third-order valence-electron chi connectivity index (χ3n) is 7.45. The molecule has 1 saturated heterocycles. The van der Waals surface area contributed by atoms with E-state index in [-0.39, 0.29) is 11.8 Å². The van der Waals surface area contributed by atoms with Gasteiger partial charge in [0.1, 0.15) is 18.3 Å². The largest absolute Gasteiger partial charge is 0.459 e. The molecule has 0 spiro atoms. The molecule has 6 unspecified atom stereocenters. The molecule has 0 aromatic heterocycles. The van der Waals surface area contributed by atoms with E-state index < -0.39 is 69.5 Å². The molecule has 1 N–H and O–H groups in total. The van der Waals surface area contributed by atoms with E-state index in [0.29, 0.717) is 6.42 Å². The predicted octanol–water partition coefficient (Wildman–Crippen LogP) is 2.17. The van der Waals surface area contributed by atoms with Crippen molar-refractivity contribution in [3.8, 4) is 0 Å². The van der Waals surface area contributed by atoms with Gasteiger partial charge in [-0.3, -0.25) is 14.1 Å². The smallest absolute Gasteiger partial charge is 0.392 e. The van der Waals surface area contributed by atoms with Crippen LogP contribution in [0.2, 0.25) is 0 Å². The highest BCUT2D eigenvalue weighted by molar-refractivity contribution is 7.86. The Bertz CT molecular complexity index is 835. The van der Waals surface area contributed by atoms with Crippen LogP contribution in [0.15, 0.2) is 0 Å². The molecule has 1 aliphatic heterocycles. The molecule has 4 fully saturated rings. The van der Waals surface area contributed by atoms with Crippen LogP contribution < -0.4 is 0 Å². The minimum absolute atomic E-state index is 0.0892. The van der Waals surface area contributed by atoms with Crippen molar-refractivity contribution in [3.63, 3.8) is 0 Å². The van der Waals surface area contributed by atoms with Crippen LogP contribution in [0.1, 0.15) is 46.0 Å². The normalized spacial score (nSPS) is 37.1. The molecule has 3 saturated carbocycles. The fourth-order valence-corrected chi connectivity index (χ4v) is 6.06. The van der Waals surface area contributed by atoms with Crippen LogP contribution in [0.25, 0.3) is 0 Å². The van der Waals surface area contributed by atoms with Crippen LogP contribution >= 0.6 is 0 Å². The van der Waals surface area contributed by atoms with Crippen LogP contribution in [-0.4, -0.2) is 54.6 Å². The Balaban J connectivity index is 1.53. The van der Waals surface area contributed by atoms with Gasteiger partial charge in [-0.2, -0.15) is 17.2 Å². The number of carbonyl (C=O) groups excluding carboxylic acids is 2. The summed E-state index contributed by atoms with van der Waals surface area (Å²) < 4.78 is 74.1. The van der Waals surface area contributed by atoms with Crippen molar-refractivity contribution >= 4 is 22.1 Å². The lowest BCUT2D eigenvalue weighted by atomic mass is 9.78. The zero-order chi connectivity index (χ0) is 22.1. The number of hydrogen-bond donors (Lipinski definition) is 1. The molecule has 0 radical (unpaired) electrons. The summed E-state index contributed by atoms with van der Waals surface area (Å²) in [7, 11) is -5.65. The average molecular weight is 452 g/mol. The van der Waals surface area contributed by atoms with E-state index in [1.807, 2.05) is 13.8 Å². The molecule has 8 nitrogen and oxygen atoms in total. The maximum absolute atomic E-state index is 13.6. The number of carbonyl (C=O) groups is 2. The Morgan fingerprint density at radius 1 is 1.30 bits per heavy atom. The van der Waals surface area contributed by atoms with Gasteiger partial charge in [-0.1, -0.05) is 13.8 Å². The Hall–Kier alpha value is -1.33. The summed E-state index contributed by atoms with van der Waals surface area (Å²) in [6.45, 7) is 2.36. The van der Waals surface area contributed by atoms with Gasteiger partial charge in [-0.25, -0.2) is 0 Å². The third kappa shape index (κ3) is 3.24. The van der Waals surface area contributed by atoms with E-state index in [4.69, 9.17) is 18.8 Å². The van der Waals surface area contributed by atoms with E-state index in [2.05, 4.69) is 0 Å². The Kier molecular flexibility index (Phi) is 5.18. The fourth-order valence-electron chi connectivity index (χ4n) is 5.84. The number of hydrogen-bond acceptors (Lipinski definition) is 7. The lowest BCUT2D eigenvalue weighted by molar-refractivity contribution is -0.177. The molecule has 11 heteroatoms. The first-order chi connectivity index (χ1) is 13.9. The highest BCUT2D eigenvalue weighted by Crippen LogP contribution is 2.59. The van der Waals surface area contributed by atoms with Gasteiger partial charge < -0.3 is 14.2 Å². The molecule has 4 aliphatic rings. The van der Waals surface area contributed by atoms with Crippen LogP contribution in [0.5, 0.6) is 0 Å². The van der Waals surface area contributed by atoms with Crippen molar-refractivity contribution in [1.29, 1.82) is 0 Å². The van der Waals surface area contributed by atoms with Crippen LogP contribution in [-0.2, 0) is 33.9 Å². The van der Waals surface area contributed by atoms with Gasteiger partial charge in [0, 0.05) is 11.8 Å². The average Bonchev–Trinajstić information content (AvgIpc) is 3.35. The van der Waals surface area contributed by atoms with Gasteiger partial charge in [0.2, 0.25) is 0 Å². The molecule has 1 heterocycles. The maximum Gasteiger partial charge on any atom is 0.392 e. The first-order valence-corrected chi connectivity index (χ1v) is 11.7. The molecule has 170 valence electrons. The number of fused-ring (bicyclic) bond motifs is 1. The highest BCUT2D eigenvalue weighted by atomic mass is 32.2. The Labute approximate surface area is 173 Å². The van der Waals surface area contributed by atoms with Gasteiger partial charge in [0.05, 0.1) is 17.9 Å². The molecule has 4 rings (SSSR count). The van der Waals surface area contributed by atoms with Crippen molar-refractivity contribution in [2.75, 3.05) is 6.61 Å². The predicted molar refractivity (Wildman–Crippen MR) is 96.8 cm³/mol. The van der Waals surface area contributed by atoms with E-state index >= 15 is 0 Å². The van der Waals surface area contributed by atoms with Gasteiger partial charge >= 0.3 is 27.3 Å². The standard InChI is InChI=1S/C19H26F2O8S/c1-9(2)18(5-3-4-6-18)29-17(23)13-10-7-11-12(13)16(22)28-15(11)14(10)27-8-19(20,21)30(24,25)26/h9-15H,3-8H2,1-2H3,(H,24,25,26). The van der Waals surface area contributed by atoms with Gasteiger partial charge in [0.25, 0.3) is 0 Å². The first-order valence-electron chi connectivity index (χ1n) is 10.3. The van der Waals surface area contributed by atoms with E-state index in [1.54, 1.807) is 0 Å². The summed E-state index contributed by atoms with van der Waals surface area (Å²) in [6.07, 6.45) is 1.85. The van der Waals surface area contributed by atoms with Gasteiger partial charge in [0.15, 0.2) is 0 Å². The van der Waals surface area contributed by atoms with E-state index in [9.17, 15) is 26.8 Å². The highest BCUT2D eigenvalue weighted by Gasteiger charge is 2.70. The van der Waals surface area contributed by atoms with Crippen molar-refractivity contribution in [3.05, 3.63) is 0 Å². The Morgan fingerprint density at radius 3 is 2.50 bits per heavy atom. The van der Waals surface area contributed by atoms with Crippen molar-refractivity contribution in [2.24, 2.45) is 29.6 Å². The van der Waals surface area contributed by atoms with Gasteiger partial charge in [-0.05, 0) is 38.0 Å². The maximum atomic E-state index is 13.6. The molecular weight excluding hydrogens is 426 g/mol. The number of halogens is 2. The summed E-state index contributed by atoms with van der Waals surface area (Å²) in [5.74, 6) is -3.55. The zero-order valence-electron chi connectivity index (χ0n) is 16.8. The second-order valence-electron chi connectivity index (χ2n) is 9.25. The van der Waals surface area contributed by atoms with Crippen molar-refractivity contribution < 1.29 is 45.6 Å². The number of rotatable bonds is 7. The molecule has 0 amide bonds. The van der Waals surface area contributed by atoms with E-state index in [1.165, 1.54) is 0 Å². The molecule has 0 aromatic rings. The quantitative estimate of drug-likeness (QED) is 0.462. The molecule has 30 heavy (non-hydrogen) atoms. The lowest BCUT2D eigenvalue weighted by Crippen LogP contribution is -2.47. The van der Waals surface area contributed by atoms with Gasteiger partial charge in [-0.15, -0.1) is 0 Å². The number of alkyl halides is 2. The van der Waals surface area contributed by atoms with Crippen LogP contribution in [0.3, 0.4) is 0 Å². The fraction of sp³-hybridized carbons (Fsp3) is 0.895. The first kappa shape index (κ1) is 21.9. The summed E-state index contributed by atoms with van der Waals surface area (Å²) in [5, 5.41) is -4.50. The SMILES string of the molecule is CC(C)C1(OC(=O)C2C3CC4C(OC(=O)C42)C3OCC(F)(F)S(=O)(=O)O)CCCC1. The van der Waals surface area contributed by atoms with Crippen LogP contribution in [0, 0.1) is 29.6 Å². The summed E-state index contributed by atoms with van der Waals surface area (Å²) in [4.78, 5) is 25.6. The zero-order valence-corrected chi connectivity index (χ0v) is 17.6. The summed E-state index contributed by atoms with van der Waals surface area (Å²) in [5.41, 5.74) is -0.602. The number of ether oxygens (including phenoxy) is 3. The minimum Gasteiger partial charge on any atom is -0.459 e.